The maximum Gasteiger partial charge on any atom is 0.184 e. The fourth-order valence-electron chi connectivity index (χ4n) is 4.15. The van der Waals surface area contributed by atoms with Crippen LogP contribution in [0.3, 0.4) is 0 Å². The second kappa shape index (κ2) is 9.10. The summed E-state index contributed by atoms with van der Waals surface area (Å²) in [6, 6.07) is 20.5. The number of allylic oxidation sites excluding steroid dienone is 2. The van der Waals surface area contributed by atoms with Crippen LogP contribution in [0.25, 0.3) is 17.5 Å². The summed E-state index contributed by atoms with van der Waals surface area (Å²) in [5.74, 6) is 0.739. The molecule has 0 saturated carbocycles. The van der Waals surface area contributed by atoms with Gasteiger partial charge in [-0.25, -0.2) is 0 Å². The zero-order valence-corrected chi connectivity index (χ0v) is 17.4. The normalized spacial score (nSPS) is 18.5. The molecule has 0 atom stereocenters. The molecule has 1 saturated heterocycles. The van der Waals surface area contributed by atoms with Gasteiger partial charge in [0, 0.05) is 24.4 Å². The summed E-state index contributed by atoms with van der Waals surface area (Å²) in [5, 5.41) is 13.1. The Labute approximate surface area is 182 Å². The van der Waals surface area contributed by atoms with Crippen LogP contribution in [0.4, 0.5) is 0 Å². The van der Waals surface area contributed by atoms with Crippen molar-refractivity contribution in [2.75, 3.05) is 26.3 Å². The lowest BCUT2D eigenvalue weighted by molar-refractivity contribution is 0.0548. The number of rotatable bonds is 5. The number of hydrogen-bond donors (Lipinski definition) is 0. The van der Waals surface area contributed by atoms with Crippen LogP contribution >= 0.6 is 0 Å². The van der Waals surface area contributed by atoms with Gasteiger partial charge in [-0.05, 0) is 35.6 Å². The molecule has 0 N–H and O–H groups in total. The molecular formula is C25H25N5O. The molecule has 31 heavy (non-hydrogen) atoms. The summed E-state index contributed by atoms with van der Waals surface area (Å²) < 4.78 is 7.34. The topological polar surface area (TPSA) is 55.5 Å². The van der Waals surface area contributed by atoms with Crippen LogP contribution in [0.15, 0.2) is 88.9 Å². The van der Waals surface area contributed by atoms with Gasteiger partial charge in [-0.1, -0.05) is 60.7 Å². The first-order chi connectivity index (χ1) is 15.4. The third-order valence-electron chi connectivity index (χ3n) is 5.64. The number of nitrogens with zero attached hydrogens (tertiary/aromatic N) is 5. The largest absolute Gasteiger partial charge is 0.378 e. The predicted molar refractivity (Wildman–Crippen MR) is 122 cm³/mol. The first-order valence-corrected chi connectivity index (χ1v) is 10.7. The zero-order chi connectivity index (χ0) is 20.9. The average Bonchev–Trinajstić information content (AvgIpc) is 3.46. The van der Waals surface area contributed by atoms with Gasteiger partial charge in [0.25, 0.3) is 0 Å². The molecule has 1 aliphatic carbocycles. The van der Waals surface area contributed by atoms with Crippen LogP contribution in [-0.4, -0.2) is 52.3 Å². The van der Waals surface area contributed by atoms with Crippen LogP contribution < -0.4 is 0 Å². The van der Waals surface area contributed by atoms with Gasteiger partial charge in [-0.3, -0.25) is 0 Å². The van der Waals surface area contributed by atoms with Gasteiger partial charge in [-0.15, -0.1) is 10.2 Å². The molecule has 0 amide bonds. The molecule has 1 fully saturated rings. The van der Waals surface area contributed by atoms with E-state index in [-0.39, 0.29) is 0 Å². The van der Waals surface area contributed by atoms with Crippen molar-refractivity contribution in [3.63, 3.8) is 0 Å². The highest BCUT2D eigenvalue weighted by Crippen LogP contribution is 2.35. The first-order valence-electron chi connectivity index (χ1n) is 10.7. The summed E-state index contributed by atoms with van der Waals surface area (Å²) >= 11 is 0. The van der Waals surface area contributed by atoms with Crippen molar-refractivity contribution in [2.24, 2.45) is 5.10 Å². The Hall–Kier alpha value is -3.51. The van der Waals surface area contributed by atoms with Crippen molar-refractivity contribution in [2.45, 2.75) is 12.8 Å². The Kier molecular flexibility index (Phi) is 5.71. The first kappa shape index (κ1) is 19.5. The van der Waals surface area contributed by atoms with E-state index in [1.807, 2.05) is 36.5 Å². The third kappa shape index (κ3) is 4.34. The van der Waals surface area contributed by atoms with Crippen LogP contribution in [0.1, 0.15) is 18.4 Å². The molecule has 0 spiro atoms. The van der Waals surface area contributed by atoms with E-state index in [0.29, 0.717) is 0 Å². The number of ether oxygens (including phenoxy) is 1. The Balaban J connectivity index is 1.49. The van der Waals surface area contributed by atoms with Crippen LogP contribution in [-0.2, 0) is 4.74 Å². The van der Waals surface area contributed by atoms with E-state index in [9.17, 15) is 0 Å². The quantitative estimate of drug-likeness (QED) is 0.589. The molecular weight excluding hydrogens is 386 g/mol. The number of aromatic nitrogens is 3. The smallest absolute Gasteiger partial charge is 0.184 e. The van der Waals surface area contributed by atoms with Gasteiger partial charge in [-0.2, -0.15) is 9.78 Å². The molecule has 6 heteroatoms. The molecule has 0 radical (unpaired) electrons. The van der Waals surface area contributed by atoms with Crippen molar-refractivity contribution in [3.05, 3.63) is 89.4 Å². The molecule has 3 aromatic rings. The van der Waals surface area contributed by atoms with E-state index in [1.165, 1.54) is 22.4 Å². The highest BCUT2D eigenvalue weighted by molar-refractivity contribution is 5.84. The SMILES string of the molecule is C(=N/n1cnnc1-c1ccccc1)/C1=C(N2CCOCC2)C(=C/c2ccccc2)/CC1. The van der Waals surface area contributed by atoms with Crippen LogP contribution in [0, 0.1) is 0 Å². The summed E-state index contributed by atoms with van der Waals surface area (Å²) in [7, 11) is 0. The van der Waals surface area contributed by atoms with E-state index in [2.05, 4.69) is 51.5 Å². The Morgan fingerprint density at radius 3 is 2.42 bits per heavy atom. The van der Waals surface area contributed by atoms with Crippen molar-refractivity contribution in [1.29, 1.82) is 0 Å². The molecule has 2 aliphatic rings. The summed E-state index contributed by atoms with van der Waals surface area (Å²) in [6.45, 7) is 3.33. The molecule has 0 bridgehead atoms. The fraction of sp³-hybridized carbons (Fsp3) is 0.240. The fourth-order valence-corrected chi connectivity index (χ4v) is 4.15. The highest BCUT2D eigenvalue weighted by atomic mass is 16.5. The van der Waals surface area contributed by atoms with Crippen molar-refractivity contribution >= 4 is 12.3 Å². The Morgan fingerprint density at radius 1 is 0.903 bits per heavy atom. The molecule has 1 aliphatic heterocycles. The summed E-state index contributed by atoms with van der Waals surface area (Å²) in [4.78, 5) is 2.44. The molecule has 2 heterocycles. The minimum atomic E-state index is 0.739. The van der Waals surface area contributed by atoms with Crippen molar-refractivity contribution in [3.8, 4) is 11.4 Å². The van der Waals surface area contributed by atoms with Gasteiger partial charge in [0.1, 0.15) is 6.33 Å². The number of morpholine rings is 1. The zero-order valence-electron chi connectivity index (χ0n) is 17.4. The maximum atomic E-state index is 5.59. The number of benzene rings is 2. The molecule has 6 nitrogen and oxygen atoms in total. The Morgan fingerprint density at radius 2 is 1.65 bits per heavy atom. The van der Waals surface area contributed by atoms with Gasteiger partial charge in [0.15, 0.2) is 5.82 Å². The third-order valence-corrected chi connectivity index (χ3v) is 5.64. The van der Waals surface area contributed by atoms with E-state index in [0.717, 1.165) is 50.5 Å². The molecule has 5 rings (SSSR count). The van der Waals surface area contributed by atoms with Crippen LogP contribution in [0.2, 0.25) is 0 Å². The van der Waals surface area contributed by atoms with Crippen LogP contribution in [0.5, 0.6) is 0 Å². The second-order valence-electron chi connectivity index (χ2n) is 7.66. The lowest BCUT2D eigenvalue weighted by Crippen LogP contribution is -2.36. The average molecular weight is 412 g/mol. The van der Waals surface area contributed by atoms with Gasteiger partial charge < -0.3 is 9.64 Å². The van der Waals surface area contributed by atoms with Gasteiger partial charge in [0.2, 0.25) is 0 Å². The van der Waals surface area contributed by atoms with E-state index < -0.39 is 0 Å². The predicted octanol–water partition coefficient (Wildman–Crippen LogP) is 4.24. The highest BCUT2D eigenvalue weighted by Gasteiger charge is 2.25. The Bertz CT molecular complexity index is 1110. The summed E-state index contributed by atoms with van der Waals surface area (Å²) in [5.41, 5.74) is 6.13. The number of hydrogen-bond acceptors (Lipinski definition) is 5. The van der Waals surface area contributed by atoms with Gasteiger partial charge >= 0.3 is 0 Å². The minimum absolute atomic E-state index is 0.739. The molecule has 0 unspecified atom stereocenters. The van der Waals surface area contributed by atoms with Gasteiger partial charge in [0.05, 0.1) is 19.4 Å². The lowest BCUT2D eigenvalue weighted by Gasteiger charge is -2.31. The summed E-state index contributed by atoms with van der Waals surface area (Å²) in [6.07, 6.45) is 7.92. The van der Waals surface area contributed by atoms with E-state index in [1.54, 1.807) is 11.0 Å². The minimum Gasteiger partial charge on any atom is -0.378 e. The lowest BCUT2D eigenvalue weighted by atomic mass is 10.1. The monoisotopic (exact) mass is 411 g/mol. The van der Waals surface area contributed by atoms with E-state index >= 15 is 0 Å². The van der Waals surface area contributed by atoms with Crippen molar-refractivity contribution < 1.29 is 4.74 Å². The second-order valence-corrected chi connectivity index (χ2v) is 7.66. The van der Waals surface area contributed by atoms with E-state index in [4.69, 9.17) is 9.84 Å². The van der Waals surface area contributed by atoms with Crippen molar-refractivity contribution in [1.82, 2.24) is 19.8 Å². The standard InChI is InChI=1S/C25H25N5O/c1-3-7-20(8-4-1)17-22-11-12-23(24(22)29-13-15-31-16-14-29)18-27-30-19-26-28-25(30)21-9-5-2-6-10-21/h1-10,17-19H,11-16H2/b22-17+,27-18-. The molecule has 2 aromatic carbocycles. The molecule has 1 aromatic heterocycles. The maximum absolute atomic E-state index is 5.59. The molecule has 156 valence electrons.